The van der Waals surface area contributed by atoms with Crippen molar-refractivity contribution in [3.8, 4) is 0 Å². The van der Waals surface area contributed by atoms with E-state index in [4.69, 9.17) is 5.73 Å². The summed E-state index contributed by atoms with van der Waals surface area (Å²) in [7, 11) is 0. The quantitative estimate of drug-likeness (QED) is 0.907. The molecule has 3 saturated carbocycles. The molecule has 5 atom stereocenters. The number of hydrogen-bond acceptors (Lipinski definition) is 1. The fourth-order valence-electron chi connectivity index (χ4n) is 4.99. The molecule has 18 heavy (non-hydrogen) atoms. The molecule has 1 nitrogen and oxygen atoms in total. The van der Waals surface area contributed by atoms with Crippen molar-refractivity contribution in [3.63, 3.8) is 0 Å². The van der Waals surface area contributed by atoms with Gasteiger partial charge in [-0.15, -0.1) is 0 Å². The van der Waals surface area contributed by atoms with E-state index in [2.05, 4.69) is 40.2 Å². The third-order valence-corrected chi connectivity index (χ3v) is 6.20. The number of rotatable bonds is 3. The Labute approximate surface area is 117 Å². The highest BCUT2D eigenvalue weighted by atomic mass is 79.9. The molecule has 2 bridgehead atoms. The van der Waals surface area contributed by atoms with Crippen LogP contribution in [-0.4, -0.2) is 6.04 Å². The molecule has 2 heteroatoms. The zero-order chi connectivity index (χ0) is 12.3. The van der Waals surface area contributed by atoms with Gasteiger partial charge < -0.3 is 5.73 Å². The number of fused-ring (bicyclic) bond motifs is 5. The van der Waals surface area contributed by atoms with Gasteiger partial charge in [0.15, 0.2) is 0 Å². The Kier molecular flexibility index (Phi) is 2.60. The minimum Gasteiger partial charge on any atom is -0.327 e. The Bertz CT molecular complexity index is 439. The van der Waals surface area contributed by atoms with Crippen LogP contribution in [0.4, 0.5) is 0 Å². The molecule has 1 aromatic rings. The summed E-state index contributed by atoms with van der Waals surface area (Å²) < 4.78 is 1.15. The maximum atomic E-state index is 6.48. The number of halogens is 1. The van der Waals surface area contributed by atoms with Crippen molar-refractivity contribution in [1.29, 1.82) is 0 Å². The van der Waals surface area contributed by atoms with E-state index >= 15 is 0 Å². The molecule has 0 heterocycles. The molecule has 4 rings (SSSR count). The third kappa shape index (κ3) is 1.69. The lowest BCUT2D eigenvalue weighted by atomic mass is 9.94. The van der Waals surface area contributed by atoms with Crippen LogP contribution in [0.15, 0.2) is 28.7 Å². The van der Waals surface area contributed by atoms with Gasteiger partial charge in [-0.3, -0.25) is 0 Å². The molecule has 96 valence electrons. The van der Waals surface area contributed by atoms with E-state index in [0.717, 1.165) is 40.5 Å². The van der Waals surface area contributed by atoms with Crippen LogP contribution in [0.2, 0.25) is 0 Å². The van der Waals surface area contributed by atoms with Gasteiger partial charge in [0.1, 0.15) is 0 Å². The second-order valence-electron chi connectivity index (χ2n) is 6.56. The standard InChI is InChI=1S/C16H20BrN/c17-12-5-1-9(2-6-12)7-13(18)16-14-10-3-4-11(8-10)15(14)16/h1-2,5-6,10-11,13-16H,3-4,7-8,18H2. The van der Waals surface area contributed by atoms with Gasteiger partial charge in [-0.25, -0.2) is 0 Å². The monoisotopic (exact) mass is 305 g/mol. The van der Waals surface area contributed by atoms with Crippen molar-refractivity contribution in [1.82, 2.24) is 0 Å². The summed E-state index contributed by atoms with van der Waals surface area (Å²) >= 11 is 3.49. The maximum absolute atomic E-state index is 6.48. The van der Waals surface area contributed by atoms with Crippen molar-refractivity contribution >= 4 is 15.9 Å². The summed E-state index contributed by atoms with van der Waals surface area (Å²) in [5.74, 6) is 4.95. The van der Waals surface area contributed by atoms with E-state index in [9.17, 15) is 0 Å². The lowest BCUT2D eigenvalue weighted by Crippen LogP contribution is -2.28. The molecule has 0 radical (unpaired) electrons. The molecular formula is C16H20BrN. The van der Waals surface area contributed by atoms with Crippen LogP contribution < -0.4 is 5.73 Å². The summed E-state index contributed by atoms with van der Waals surface area (Å²) in [6.07, 6.45) is 5.57. The molecule has 3 fully saturated rings. The SMILES string of the molecule is NC(Cc1ccc(Br)cc1)C1C2C3CCC(C3)C12. The highest BCUT2D eigenvalue weighted by Crippen LogP contribution is 2.70. The van der Waals surface area contributed by atoms with Gasteiger partial charge in [0, 0.05) is 10.5 Å². The predicted molar refractivity (Wildman–Crippen MR) is 77.1 cm³/mol. The Morgan fingerprint density at radius 1 is 1.11 bits per heavy atom. The number of hydrogen-bond donors (Lipinski definition) is 1. The van der Waals surface area contributed by atoms with E-state index < -0.39 is 0 Å². The molecule has 0 spiro atoms. The van der Waals surface area contributed by atoms with Crippen molar-refractivity contribution < 1.29 is 0 Å². The van der Waals surface area contributed by atoms with Crippen molar-refractivity contribution in [2.45, 2.75) is 31.7 Å². The largest absolute Gasteiger partial charge is 0.327 e. The Hall–Kier alpha value is -0.340. The molecule has 0 amide bonds. The summed E-state index contributed by atoms with van der Waals surface area (Å²) in [6, 6.07) is 9.05. The van der Waals surface area contributed by atoms with Crippen LogP contribution in [0, 0.1) is 29.6 Å². The molecule has 0 saturated heterocycles. The van der Waals surface area contributed by atoms with Crippen LogP contribution in [0.1, 0.15) is 24.8 Å². The number of benzene rings is 1. The van der Waals surface area contributed by atoms with Crippen LogP contribution >= 0.6 is 15.9 Å². The molecule has 3 aliphatic rings. The van der Waals surface area contributed by atoms with Gasteiger partial charge in [-0.1, -0.05) is 28.1 Å². The lowest BCUT2D eigenvalue weighted by molar-refractivity contribution is 0.409. The van der Waals surface area contributed by atoms with Gasteiger partial charge >= 0.3 is 0 Å². The molecular weight excluding hydrogens is 286 g/mol. The van der Waals surface area contributed by atoms with Crippen LogP contribution in [0.5, 0.6) is 0 Å². The zero-order valence-electron chi connectivity index (χ0n) is 10.6. The first kappa shape index (κ1) is 11.5. The lowest BCUT2D eigenvalue weighted by Gasteiger charge is -2.16. The van der Waals surface area contributed by atoms with Gasteiger partial charge in [0.05, 0.1) is 0 Å². The van der Waals surface area contributed by atoms with Gasteiger partial charge in [-0.2, -0.15) is 0 Å². The summed E-state index contributed by atoms with van der Waals surface area (Å²) in [6.45, 7) is 0. The highest BCUT2D eigenvalue weighted by Gasteiger charge is 2.65. The predicted octanol–water partition coefficient (Wildman–Crippen LogP) is 3.61. The highest BCUT2D eigenvalue weighted by molar-refractivity contribution is 9.10. The summed E-state index contributed by atoms with van der Waals surface area (Å²) in [5, 5.41) is 0. The van der Waals surface area contributed by atoms with E-state index in [0.29, 0.717) is 6.04 Å². The Balaban J connectivity index is 1.43. The van der Waals surface area contributed by atoms with E-state index in [-0.39, 0.29) is 0 Å². The van der Waals surface area contributed by atoms with Crippen molar-refractivity contribution in [3.05, 3.63) is 34.3 Å². The summed E-state index contributed by atoms with van der Waals surface area (Å²) in [4.78, 5) is 0. The normalized spacial score (nSPS) is 41.8. The molecule has 3 aliphatic carbocycles. The first-order chi connectivity index (χ1) is 8.74. The first-order valence-corrected chi connectivity index (χ1v) is 8.03. The van der Waals surface area contributed by atoms with Gasteiger partial charge in [-0.05, 0) is 73.0 Å². The minimum absolute atomic E-state index is 0.393. The smallest absolute Gasteiger partial charge is 0.0175 e. The van der Waals surface area contributed by atoms with Gasteiger partial charge in [0.25, 0.3) is 0 Å². The molecule has 5 unspecified atom stereocenters. The van der Waals surface area contributed by atoms with E-state index in [1.165, 1.54) is 24.8 Å². The fraction of sp³-hybridized carbons (Fsp3) is 0.625. The maximum Gasteiger partial charge on any atom is 0.0175 e. The molecule has 2 N–H and O–H groups in total. The van der Waals surface area contributed by atoms with E-state index in [1.54, 1.807) is 0 Å². The topological polar surface area (TPSA) is 26.0 Å². The van der Waals surface area contributed by atoms with E-state index in [1.807, 2.05) is 0 Å². The van der Waals surface area contributed by atoms with Crippen LogP contribution in [0.25, 0.3) is 0 Å². The Morgan fingerprint density at radius 2 is 1.72 bits per heavy atom. The van der Waals surface area contributed by atoms with Crippen LogP contribution in [-0.2, 0) is 6.42 Å². The third-order valence-electron chi connectivity index (χ3n) is 5.67. The van der Waals surface area contributed by atoms with Gasteiger partial charge in [0.2, 0.25) is 0 Å². The molecule has 0 aromatic heterocycles. The summed E-state index contributed by atoms with van der Waals surface area (Å²) in [5.41, 5.74) is 7.87. The average molecular weight is 306 g/mol. The second-order valence-corrected chi connectivity index (χ2v) is 7.48. The minimum atomic E-state index is 0.393. The fourth-order valence-corrected chi connectivity index (χ4v) is 5.26. The first-order valence-electron chi connectivity index (χ1n) is 7.24. The number of nitrogens with two attached hydrogens (primary N) is 1. The second kappa shape index (κ2) is 4.08. The van der Waals surface area contributed by atoms with Crippen molar-refractivity contribution in [2.24, 2.45) is 35.3 Å². The van der Waals surface area contributed by atoms with Crippen molar-refractivity contribution in [2.75, 3.05) is 0 Å². The molecule has 0 aliphatic heterocycles. The van der Waals surface area contributed by atoms with Crippen LogP contribution in [0.3, 0.4) is 0 Å². The molecule has 1 aromatic carbocycles. The zero-order valence-corrected chi connectivity index (χ0v) is 12.1. The average Bonchev–Trinajstić information content (AvgIpc) is 2.82. The Morgan fingerprint density at radius 3 is 2.33 bits per heavy atom.